The van der Waals surface area contributed by atoms with E-state index in [1.807, 2.05) is 12.1 Å². The molecule has 3 N–H and O–H groups in total. The molecule has 1 atom stereocenters. The predicted molar refractivity (Wildman–Crippen MR) is 63.6 cm³/mol. The minimum absolute atomic E-state index is 0.276. The van der Waals surface area contributed by atoms with Crippen LogP contribution in [0.1, 0.15) is 38.0 Å². The Hall–Kier alpha value is -0.860. The van der Waals surface area contributed by atoms with Gasteiger partial charge in [0.1, 0.15) is 0 Å². The van der Waals surface area contributed by atoms with Crippen molar-refractivity contribution in [3.63, 3.8) is 0 Å². The van der Waals surface area contributed by atoms with Gasteiger partial charge in [0.25, 0.3) is 0 Å². The molecule has 1 rings (SSSR count). The second-order valence-corrected chi connectivity index (χ2v) is 5.23. The molecule has 15 heavy (non-hydrogen) atoms. The summed E-state index contributed by atoms with van der Waals surface area (Å²) in [7, 11) is 0. The maximum atomic E-state index is 9.53. The Morgan fingerprint density at radius 2 is 1.73 bits per heavy atom. The smallest absolute Gasteiger partial charge is 0.0912 e. The van der Waals surface area contributed by atoms with Gasteiger partial charge >= 0.3 is 0 Å². The van der Waals surface area contributed by atoms with Gasteiger partial charge in [0.2, 0.25) is 0 Å². The molecule has 1 aromatic carbocycles. The van der Waals surface area contributed by atoms with Crippen LogP contribution in [0.15, 0.2) is 24.3 Å². The van der Waals surface area contributed by atoms with Gasteiger partial charge in [-0.2, -0.15) is 0 Å². The van der Waals surface area contributed by atoms with Gasteiger partial charge in [-0.3, -0.25) is 0 Å². The van der Waals surface area contributed by atoms with Crippen LogP contribution >= 0.6 is 0 Å². The molecule has 0 spiro atoms. The summed E-state index contributed by atoms with van der Waals surface area (Å²) in [6, 6.07) is 8.05. The van der Waals surface area contributed by atoms with E-state index in [0.29, 0.717) is 5.41 Å². The molecule has 1 unspecified atom stereocenters. The molecular weight excluding hydrogens is 186 g/mol. The molecule has 0 aliphatic heterocycles. The molecule has 2 nitrogen and oxygen atoms in total. The maximum Gasteiger partial charge on any atom is 0.0912 e. The summed E-state index contributed by atoms with van der Waals surface area (Å²) in [5.74, 6) is 0. The van der Waals surface area contributed by atoms with Crippen molar-refractivity contribution in [1.29, 1.82) is 0 Å². The lowest BCUT2D eigenvalue weighted by Crippen LogP contribution is -2.12. The van der Waals surface area contributed by atoms with Gasteiger partial charge in [-0.1, -0.05) is 45.0 Å². The third-order valence-electron chi connectivity index (χ3n) is 2.32. The van der Waals surface area contributed by atoms with E-state index in [9.17, 15) is 5.11 Å². The van der Waals surface area contributed by atoms with Crippen molar-refractivity contribution in [3.8, 4) is 0 Å². The lowest BCUT2D eigenvalue weighted by atomic mass is 9.88. The van der Waals surface area contributed by atoms with Gasteiger partial charge in [-0.05, 0) is 23.0 Å². The molecule has 84 valence electrons. The van der Waals surface area contributed by atoms with Crippen molar-refractivity contribution in [1.82, 2.24) is 0 Å². The Bertz CT molecular complexity index is 297. The normalized spacial score (nSPS) is 13.9. The highest BCUT2D eigenvalue weighted by Crippen LogP contribution is 2.21. The number of aliphatic hydroxyl groups is 1. The molecule has 0 saturated carbocycles. The van der Waals surface area contributed by atoms with E-state index in [0.717, 1.165) is 12.0 Å². The van der Waals surface area contributed by atoms with Crippen molar-refractivity contribution >= 4 is 0 Å². The minimum Gasteiger partial charge on any atom is -0.387 e. The van der Waals surface area contributed by atoms with Crippen molar-refractivity contribution in [3.05, 3.63) is 35.4 Å². The number of nitrogens with two attached hydrogens (primary N) is 1. The Morgan fingerprint density at radius 3 is 2.13 bits per heavy atom. The molecule has 0 saturated heterocycles. The predicted octanol–water partition coefficient (Wildman–Crippen LogP) is 2.27. The van der Waals surface area contributed by atoms with E-state index in [-0.39, 0.29) is 6.54 Å². The van der Waals surface area contributed by atoms with Crippen LogP contribution in [0, 0.1) is 5.41 Å². The van der Waals surface area contributed by atoms with E-state index >= 15 is 0 Å². The molecule has 0 aromatic heterocycles. The van der Waals surface area contributed by atoms with Crippen LogP contribution < -0.4 is 5.73 Å². The molecule has 2 heteroatoms. The fourth-order valence-electron chi connectivity index (χ4n) is 1.61. The van der Waals surface area contributed by atoms with E-state index in [4.69, 9.17) is 5.73 Å². The summed E-state index contributed by atoms with van der Waals surface area (Å²) < 4.78 is 0. The molecule has 0 heterocycles. The van der Waals surface area contributed by atoms with E-state index in [1.54, 1.807) is 0 Å². The first kappa shape index (κ1) is 12.2. The molecule has 1 aromatic rings. The average molecular weight is 207 g/mol. The molecule has 0 aliphatic carbocycles. The topological polar surface area (TPSA) is 46.2 Å². The van der Waals surface area contributed by atoms with Crippen LogP contribution in [0.4, 0.5) is 0 Å². The van der Waals surface area contributed by atoms with Crippen LogP contribution in [0.5, 0.6) is 0 Å². The number of hydrogen-bond acceptors (Lipinski definition) is 2. The summed E-state index contributed by atoms with van der Waals surface area (Å²) in [6.07, 6.45) is 0.514. The highest BCUT2D eigenvalue weighted by Gasteiger charge is 2.11. The zero-order chi connectivity index (χ0) is 11.5. The van der Waals surface area contributed by atoms with Crippen molar-refractivity contribution in [2.75, 3.05) is 6.54 Å². The molecule has 0 fully saturated rings. The van der Waals surface area contributed by atoms with Gasteiger partial charge in [-0.15, -0.1) is 0 Å². The molecular formula is C13H21NO. The Morgan fingerprint density at radius 1 is 1.20 bits per heavy atom. The van der Waals surface area contributed by atoms with Gasteiger partial charge < -0.3 is 10.8 Å². The summed E-state index contributed by atoms with van der Waals surface area (Å²) in [6.45, 7) is 6.93. The standard InChI is InChI=1S/C13H21NO/c1-13(2,3)8-10-4-6-11(7-5-10)12(15)9-14/h4-7,12,15H,8-9,14H2,1-3H3. The van der Waals surface area contributed by atoms with Gasteiger partial charge in [0, 0.05) is 6.54 Å². The van der Waals surface area contributed by atoms with E-state index in [2.05, 4.69) is 32.9 Å². The Kier molecular flexibility index (Phi) is 3.89. The first-order chi connectivity index (χ1) is 6.92. The third kappa shape index (κ3) is 4.02. The SMILES string of the molecule is CC(C)(C)Cc1ccc(C(O)CN)cc1. The summed E-state index contributed by atoms with van der Waals surface area (Å²) in [4.78, 5) is 0. The summed E-state index contributed by atoms with van der Waals surface area (Å²) >= 11 is 0. The molecule has 0 bridgehead atoms. The Labute approximate surface area is 92.1 Å². The lowest BCUT2D eigenvalue weighted by molar-refractivity contribution is 0.186. The van der Waals surface area contributed by atoms with Crippen LogP contribution in [-0.4, -0.2) is 11.7 Å². The highest BCUT2D eigenvalue weighted by molar-refractivity contribution is 5.25. The second-order valence-electron chi connectivity index (χ2n) is 5.23. The van der Waals surface area contributed by atoms with Crippen LogP contribution in [0.25, 0.3) is 0 Å². The van der Waals surface area contributed by atoms with Crippen LogP contribution in [-0.2, 0) is 6.42 Å². The number of aliphatic hydroxyl groups excluding tert-OH is 1. The van der Waals surface area contributed by atoms with Crippen LogP contribution in [0.2, 0.25) is 0 Å². The second kappa shape index (κ2) is 4.77. The first-order valence-corrected chi connectivity index (χ1v) is 5.39. The van der Waals surface area contributed by atoms with Crippen molar-refractivity contribution in [2.24, 2.45) is 11.1 Å². The number of hydrogen-bond donors (Lipinski definition) is 2. The lowest BCUT2D eigenvalue weighted by Gasteiger charge is -2.18. The van der Waals surface area contributed by atoms with Crippen molar-refractivity contribution < 1.29 is 5.11 Å². The zero-order valence-electron chi connectivity index (χ0n) is 9.83. The summed E-state index contributed by atoms with van der Waals surface area (Å²) in [5, 5.41) is 9.53. The minimum atomic E-state index is -0.534. The first-order valence-electron chi connectivity index (χ1n) is 5.39. The number of benzene rings is 1. The van der Waals surface area contributed by atoms with Crippen LogP contribution in [0.3, 0.4) is 0 Å². The number of rotatable bonds is 3. The molecule has 0 radical (unpaired) electrons. The highest BCUT2D eigenvalue weighted by atomic mass is 16.3. The summed E-state index contributed by atoms with van der Waals surface area (Å²) in [5.41, 5.74) is 7.89. The van der Waals surface area contributed by atoms with Crippen molar-refractivity contribution in [2.45, 2.75) is 33.3 Å². The monoisotopic (exact) mass is 207 g/mol. The zero-order valence-corrected chi connectivity index (χ0v) is 9.83. The molecule has 0 aliphatic rings. The Balaban J connectivity index is 2.72. The third-order valence-corrected chi connectivity index (χ3v) is 2.32. The van der Waals surface area contributed by atoms with Gasteiger partial charge in [0.15, 0.2) is 0 Å². The quantitative estimate of drug-likeness (QED) is 0.798. The van der Waals surface area contributed by atoms with E-state index in [1.165, 1.54) is 5.56 Å². The van der Waals surface area contributed by atoms with Gasteiger partial charge in [0.05, 0.1) is 6.10 Å². The molecule has 0 amide bonds. The maximum absolute atomic E-state index is 9.53. The van der Waals surface area contributed by atoms with E-state index < -0.39 is 6.10 Å². The largest absolute Gasteiger partial charge is 0.387 e. The fourth-order valence-corrected chi connectivity index (χ4v) is 1.61. The average Bonchev–Trinajstić information content (AvgIpc) is 2.15. The fraction of sp³-hybridized carbons (Fsp3) is 0.538. The van der Waals surface area contributed by atoms with Gasteiger partial charge in [-0.25, -0.2) is 0 Å².